The van der Waals surface area contributed by atoms with Gasteiger partial charge in [0.25, 0.3) is 0 Å². The lowest BCUT2D eigenvalue weighted by Crippen LogP contribution is -2.26. The van der Waals surface area contributed by atoms with Crippen LogP contribution in [-0.4, -0.2) is 0 Å². The molecule has 2 atom stereocenters. The Morgan fingerprint density at radius 3 is 2.02 bits per heavy atom. The molecular weight excluding hydrogens is 480 g/mol. The summed E-state index contributed by atoms with van der Waals surface area (Å²) in [4.78, 5) is 0. The van der Waals surface area contributed by atoms with Gasteiger partial charge in [-0.1, -0.05) is 127 Å². The van der Waals surface area contributed by atoms with E-state index in [1.54, 1.807) is 0 Å². The predicted octanol–water partition coefficient (Wildman–Crippen LogP) is 13.2. The second kappa shape index (κ2) is 19.7. The molecule has 0 saturated heterocycles. The summed E-state index contributed by atoms with van der Waals surface area (Å²) < 4.78 is 0. The molecule has 0 bridgehead atoms. The molecule has 0 heterocycles. The summed E-state index contributed by atoms with van der Waals surface area (Å²) in [5.41, 5.74) is 9.04. The Labute approximate surface area is 250 Å². The molecule has 0 N–H and O–H groups in total. The van der Waals surface area contributed by atoms with E-state index < -0.39 is 0 Å². The van der Waals surface area contributed by atoms with Gasteiger partial charge in [-0.25, -0.2) is 0 Å². The van der Waals surface area contributed by atoms with E-state index in [1.807, 2.05) is 0 Å². The molecule has 0 aromatic carbocycles. The fraction of sp³-hybridized carbons (Fsp3) is 0.550. The van der Waals surface area contributed by atoms with Crippen molar-refractivity contribution in [1.29, 1.82) is 0 Å². The smallest absolute Gasteiger partial charge is 0.00285 e. The number of allylic oxidation sites excluding steroid dienone is 18. The Hall–Kier alpha value is -2.34. The van der Waals surface area contributed by atoms with Crippen molar-refractivity contribution in [3.63, 3.8) is 0 Å². The molecule has 0 nitrogen and oxygen atoms in total. The Balaban J connectivity index is 2.36. The highest BCUT2D eigenvalue weighted by Crippen LogP contribution is 2.41. The summed E-state index contributed by atoms with van der Waals surface area (Å²) >= 11 is 0. The van der Waals surface area contributed by atoms with Gasteiger partial charge in [0.05, 0.1) is 0 Å². The van der Waals surface area contributed by atoms with E-state index in [9.17, 15) is 0 Å². The third-order valence-electron chi connectivity index (χ3n) is 8.16. The van der Waals surface area contributed by atoms with E-state index in [1.165, 1.54) is 65.5 Å². The molecule has 40 heavy (non-hydrogen) atoms. The van der Waals surface area contributed by atoms with Gasteiger partial charge in [0.2, 0.25) is 0 Å². The highest BCUT2D eigenvalue weighted by Gasteiger charge is 2.30. The lowest BCUT2D eigenvalue weighted by molar-refractivity contribution is 0.255. The molecule has 222 valence electrons. The lowest BCUT2D eigenvalue weighted by Gasteiger charge is -2.36. The Morgan fingerprint density at radius 1 is 0.850 bits per heavy atom. The van der Waals surface area contributed by atoms with Crippen LogP contribution < -0.4 is 0 Å². The first-order valence-corrected chi connectivity index (χ1v) is 15.9. The zero-order valence-corrected chi connectivity index (χ0v) is 27.9. The van der Waals surface area contributed by atoms with Crippen LogP contribution in [0.3, 0.4) is 0 Å². The molecule has 0 radical (unpaired) electrons. The fourth-order valence-electron chi connectivity index (χ4n) is 5.31. The van der Waals surface area contributed by atoms with Crippen LogP contribution in [0.2, 0.25) is 0 Å². The topological polar surface area (TPSA) is 0 Å². The van der Waals surface area contributed by atoms with Crippen molar-refractivity contribution in [3.8, 4) is 0 Å². The minimum atomic E-state index is 0.367. The predicted molar refractivity (Wildman–Crippen MR) is 184 cm³/mol. The van der Waals surface area contributed by atoms with Gasteiger partial charge in [-0.2, -0.15) is 0 Å². The van der Waals surface area contributed by atoms with Gasteiger partial charge < -0.3 is 0 Å². The molecule has 1 aliphatic carbocycles. The molecule has 1 aliphatic rings. The average molecular weight is 543 g/mol. The van der Waals surface area contributed by atoms with Crippen molar-refractivity contribution in [3.05, 3.63) is 106 Å². The molecule has 0 heteroatoms. The highest BCUT2D eigenvalue weighted by atomic mass is 14.3. The van der Waals surface area contributed by atoms with Crippen LogP contribution in [0.1, 0.15) is 127 Å². The van der Waals surface area contributed by atoms with Crippen molar-refractivity contribution in [2.75, 3.05) is 0 Å². The standard InChI is InChI=1S/C40H62/c1-32(2)18-13-21-35(5)24-15-26-36(6)25-14-22-33(3)19-11-12-20-34(4)23-16-27-37(7)29-30-39-38(8)28-17-31-40(39,9)10/h11-12,15,18-20,24,26-30,36,39H,13-14,16-17,21-23,25,31H2,1-10H3/b12-11+,26-15+,30-29+,33-19+,34-20-,35-24+,37-27+. The van der Waals surface area contributed by atoms with Crippen LogP contribution in [0.25, 0.3) is 0 Å². The van der Waals surface area contributed by atoms with Crippen LogP contribution in [0.15, 0.2) is 106 Å². The van der Waals surface area contributed by atoms with E-state index in [0.29, 0.717) is 17.3 Å². The minimum Gasteiger partial charge on any atom is -0.0856 e. The molecule has 0 saturated carbocycles. The van der Waals surface area contributed by atoms with Crippen molar-refractivity contribution in [2.45, 2.75) is 127 Å². The SMILES string of the molecule is CC(C)=CCC/C(C)=C/C=C/C(C)CCC/C(C)=C/C=C/C=C(/C)CC/C=C(C)/C=C/C1C(C)=CCCC1(C)C. The van der Waals surface area contributed by atoms with Gasteiger partial charge in [0.15, 0.2) is 0 Å². The summed E-state index contributed by atoms with van der Waals surface area (Å²) in [7, 11) is 0. The summed E-state index contributed by atoms with van der Waals surface area (Å²) in [6.45, 7) is 22.8. The van der Waals surface area contributed by atoms with Gasteiger partial charge >= 0.3 is 0 Å². The molecule has 0 aliphatic heterocycles. The zero-order chi connectivity index (χ0) is 30.0. The van der Waals surface area contributed by atoms with E-state index in [4.69, 9.17) is 0 Å². The molecular formula is C40H62. The molecule has 2 unspecified atom stereocenters. The van der Waals surface area contributed by atoms with Crippen LogP contribution in [0.5, 0.6) is 0 Å². The number of rotatable bonds is 16. The van der Waals surface area contributed by atoms with Crippen LogP contribution >= 0.6 is 0 Å². The van der Waals surface area contributed by atoms with E-state index in [2.05, 4.69) is 142 Å². The molecule has 0 fully saturated rings. The first kappa shape index (κ1) is 35.7. The number of hydrogen-bond acceptors (Lipinski definition) is 0. The maximum absolute atomic E-state index is 2.43. The average Bonchev–Trinajstić information content (AvgIpc) is 2.85. The second-order valence-corrected chi connectivity index (χ2v) is 13.3. The third-order valence-corrected chi connectivity index (χ3v) is 8.16. The summed E-state index contributed by atoms with van der Waals surface area (Å²) in [6, 6.07) is 0. The summed E-state index contributed by atoms with van der Waals surface area (Å²) in [5, 5.41) is 0. The molecule has 0 aromatic heterocycles. The third kappa shape index (κ3) is 16.7. The molecule has 1 rings (SSSR count). The Morgan fingerprint density at radius 2 is 1.43 bits per heavy atom. The van der Waals surface area contributed by atoms with Crippen LogP contribution in [0.4, 0.5) is 0 Å². The van der Waals surface area contributed by atoms with E-state index in [-0.39, 0.29) is 0 Å². The second-order valence-electron chi connectivity index (χ2n) is 13.3. The summed E-state index contributed by atoms with van der Waals surface area (Å²) in [5.74, 6) is 1.19. The van der Waals surface area contributed by atoms with Gasteiger partial charge in [-0.15, -0.1) is 0 Å². The molecule has 0 aromatic rings. The number of hydrogen-bond donors (Lipinski definition) is 0. The quantitative estimate of drug-likeness (QED) is 0.134. The van der Waals surface area contributed by atoms with Crippen molar-refractivity contribution in [2.24, 2.45) is 17.3 Å². The van der Waals surface area contributed by atoms with Crippen LogP contribution in [-0.2, 0) is 0 Å². The first-order valence-electron chi connectivity index (χ1n) is 15.9. The van der Waals surface area contributed by atoms with Gasteiger partial charge in [0.1, 0.15) is 0 Å². The maximum Gasteiger partial charge on any atom is 0.00285 e. The monoisotopic (exact) mass is 542 g/mol. The van der Waals surface area contributed by atoms with Gasteiger partial charge in [0, 0.05) is 5.92 Å². The fourth-order valence-corrected chi connectivity index (χ4v) is 5.31. The largest absolute Gasteiger partial charge is 0.0856 e. The van der Waals surface area contributed by atoms with E-state index >= 15 is 0 Å². The summed E-state index contributed by atoms with van der Waals surface area (Å²) in [6.07, 6.45) is 38.4. The van der Waals surface area contributed by atoms with E-state index in [0.717, 1.165) is 25.7 Å². The Bertz CT molecular complexity index is 1020. The Kier molecular flexibility index (Phi) is 17.6. The highest BCUT2D eigenvalue weighted by molar-refractivity contribution is 5.25. The maximum atomic E-state index is 2.43. The minimum absolute atomic E-state index is 0.367. The molecule has 0 spiro atoms. The first-order chi connectivity index (χ1) is 18.9. The van der Waals surface area contributed by atoms with Crippen molar-refractivity contribution < 1.29 is 0 Å². The van der Waals surface area contributed by atoms with Crippen LogP contribution in [0, 0.1) is 17.3 Å². The van der Waals surface area contributed by atoms with Gasteiger partial charge in [-0.3, -0.25) is 0 Å². The molecule has 0 amide bonds. The van der Waals surface area contributed by atoms with Gasteiger partial charge in [-0.05, 0) is 118 Å². The van der Waals surface area contributed by atoms with Crippen molar-refractivity contribution >= 4 is 0 Å². The normalized spacial score (nSPS) is 20.1. The lowest BCUT2D eigenvalue weighted by atomic mass is 9.68. The van der Waals surface area contributed by atoms with Crippen molar-refractivity contribution in [1.82, 2.24) is 0 Å². The zero-order valence-electron chi connectivity index (χ0n) is 27.9.